The zero-order chi connectivity index (χ0) is 21.7. The second-order valence-electron chi connectivity index (χ2n) is 9.14. The number of carbonyl (C=O) groups is 1. The van der Waals surface area contributed by atoms with E-state index in [0.717, 1.165) is 10.8 Å². The van der Waals surface area contributed by atoms with E-state index in [1.54, 1.807) is 6.92 Å². The Bertz CT molecular complexity index is 951. The van der Waals surface area contributed by atoms with Gasteiger partial charge in [0.05, 0.1) is 21.2 Å². The Balaban J connectivity index is 1.95. The number of ether oxygens (including phenoxy) is 1. The van der Waals surface area contributed by atoms with Crippen molar-refractivity contribution >= 4 is 34.1 Å². The largest absolute Gasteiger partial charge is 0.411 e. The van der Waals surface area contributed by atoms with Crippen LogP contribution in [0, 0.1) is 6.92 Å². The Kier molecular flexibility index (Phi) is 6.19. The van der Waals surface area contributed by atoms with Crippen LogP contribution in [-0.4, -0.2) is 44.7 Å². The van der Waals surface area contributed by atoms with Gasteiger partial charge in [0.25, 0.3) is 5.56 Å². The Labute approximate surface area is 176 Å². The minimum atomic E-state index is -2.18. The molecule has 1 aromatic heterocycles. The summed E-state index contributed by atoms with van der Waals surface area (Å²) < 4.78 is 26.6. The predicted molar refractivity (Wildman–Crippen MR) is 116 cm³/mol. The molecule has 162 valence electrons. The summed E-state index contributed by atoms with van der Waals surface area (Å²) >= 11 is 0. The average Bonchev–Trinajstić information content (AvgIpc) is 3.12. The molecule has 2 aliphatic heterocycles. The molecule has 5 atom stereocenters. The van der Waals surface area contributed by atoms with Crippen molar-refractivity contribution in [1.29, 1.82) is 0 Å². The van der Waals surface area contributed by atoms with Crippen molar-refractivity contribution in [3.8, 4) is 0 Å². The molecule has 29 heavy (non-hydrogen) atoms. The quantitative estimate of drug-likeness (QED) is 0.542. The van der Waals surface area contributed by atoms with E-state index in [1.807, 2.05) is 0 Å². The van der Waals surface area contributed by atoms with Gasteiger partial charge in [-0.25, -0.2) is 9.00 Å². The summed E-state index contributed by atoms with van der Waals surface area (Å²) in [4.78, 5) is 38.2. The highest BCUT2D eigenvalue weighted by Gasteiger charge is 2.51. The van der Waals surface area contributed by atoms with E-state index < -0.39 is 47.0 Å². The SMILES string of the molecule is Cc1cn([C@H]2C[C@H](O[Si](C)(C)C(C)(C)C)[C@@H](C3CC(=O)SS3=O)O2)c(=O)[nH]c1=O. The molecule has 0 saturated carbocycles. The molecule has 11 heteroatoms. The number of aromatic nitrogens is 2. The summed E-state index contributed by atoms with van der Waals surface area (Å²) in [6.45, 7) is 12.3. The van der Waals surface area contributed by atoms with Crippen molar-refractivity contribution in [1.82, 2.24) is 9.55 Å². The first-order valence-electron chi connectivity index (χ1n) is 9.57. The Morgan fingerprint density at radius 3 is 2.52 bits per heavy atom. The summed E-state index contributed by atoms with van der Waals surface area (Å²) in [5.41, 5.74) is -0.599. The Morgan fingerprint density at radius 1 is 1.31 bits per heavy atom. The molecule has 0 aliphatic carbocycles. The van der Waals surface area contributed by atoms with Crippen LogP contribution in [0.2, 0.25) is 18.1 Å². The third-order valence-electron chi connectivity index (χ3n) is 5.98. The lowest BCUT2D eigenvalue weighted by Crippen LogP contribution is -2.48. The average molecular weight is 461 g/mol. The van der Waals surface area contributed by atoms with E-state index in [1.165, 1.54) is 10.8 Å². The normalized spacial score (nSPS) is 30.8. The van der Waals surface area contributed by atoms with Crippen LogP contribution >= 0.6 is 10.8 Å². The Hall–Kier alpha value is -1.01. The van der Waals surface area contributed by atoms with Gasteiger partial charge in [0.1, 0.15) is 12.3 Å². The van der Waals surface area contributed by atoms with Crippen molar-refractivity contribution in [2.75, 3.05) is 0 Å². The number of rotatable bonds is 4. The molecule has 2 saturated heterocycles. The van der Waals surface area contributed by atoms with Crippen LogP contribution < -0.4 is 11.2 Å². The maximum absolute atomic E-state index is 12.5. The number of nitrogens with one attached hydrogen (secondary N) is 1. The minimum absolute atomic E-state index is 0.0412. The van der Waals surface area contributed by atoms with Gasteiger partial charge in [0.2, 0.25) is 5.12 Å². The summed E-state index contributed by atoms with van der Waals surface area (Å²) in [5, 5.41) is -0.643. The first kappa shape index (κ1) is 22.7. The van der Waals surface area contributed by atoms with Gasteiger partial charge in [-0.05, 0) is 25.1 Å². The second-order valence-corrected chi connectivity index (χ2v) is 17.1. The molecule has 0 spiro atoms. The van der Waals surface area contributed by atoms with Crippen LogP contribution in [0.5, 0.6) is 0 Å². The molecule has 0 aromatic carbocycles. The molecule has 3 heterocycles. The monoisotopic (exact) mass is 460 g/mol. The third-order valence-corrected chi connectivity index (χ3v) is 13.7. The number of hydrogen-bond donors (Lipinski definition) is 1. The van der Waals surface area contributed by atoms with Crippen LogP contribution in [-0.2, 0) is 23.8 Å². The highest BCUT2D eigenvalue weighted by Crippen LogP contribution is 2.44. The first-order chi connectivity index (χ1) is 13.3. The number of aryl methyl sites for hydroxylation is 1. The van der Waals surface area contributed by atoms with Crippen LogP contribution in [0.25, 0.3) is 0 Å². The Morgan fingerprint density at radius 2 is 1.97 bits per heavy atom. The minimum Gasteiger partial charge on any atom is -0.411 e. The van der Waals surface area contributed by atoms with Crippen molar-refractivity contribution in [2.24, 2.45) is 0 Å². The van der Waals surface area contributed by atoms with Gasteiger partial charge >= 0.3 is 5.69 Å². The second kappa shape index (κ2) is 7.91. The molecule has 0 radical (unpaired) electrons. The highest BCUT2D eigenvalue weighted by molar-refractivity contribution is 8.76. The van der Waals surface area contributed by atoms with Gasteiger partial charge in [0, 0.05) is 35.4 Å². The zero-order valence-electron chi connectivity index (χ0n) is 17.5. The molecule has 8 nitrogen and oxygen atoms in total. The summed E-state index contributed by atoms with van der Waals surface area (Å²) in [7, 11) is -2.75. The lowest BCUT2D eigenvalue weighted by molar-refractivity contribution is -0.111. The number of carbonyl (C=O) groups excluding carboxylic acids is 1. The van der Waals surface area contributed by atoms with Gasteiger partial charge in [0.15, 0.2) is 8.32 Å². The number of H-pyrrole nitrogens is 1. The van der Waals surface area contributed by atoms with E-state index in [4.69, 9.17) is 9.16 Å². The third kappa shape index (κ3) is 4.53. The molecule has 1 N–H and O–H groups in total. The van der Waals surface area contributed by atoms with Crippen molar-refractivity contribution < 1.29 is 18.2 Å². The van der Waals surface area contributed by atoms with Crippen LogP contribution in [0.4, 0.5) is 0 Å². The summed E-state index contributed by atoms with van der Waals surface area (Å²) in [6.07, 6.45) is 0.410. The molecular weight excluding hydrogens is 432 g/mol. The van der Waals surface area contributed by atoms with E-state index in [9.17, 15) is 18.6 Å². The fourth-order valence-corrected chi connectivity index (χ4v) is 7.68. The van der Waals surface area contributed by atoms with Crippen molar-refractivity contribution in [2.45, 2.75) is 82.4 Å². The fraction of sp³-hybridized carbons (Fsp3) is 0.722. The van der Waals surface area contributed by atoms with E-state index in [2.05, 4.69) is 38.8 Å². The predicted octanol–water partition coefficient (Wildman–Crippen LogP) is 2.22. The highest BCUT2D eigenvalue weighted by atomic mass is 33.1. The maximum Gasteiger partial charge on any atom is 0.330 e. The lowest BCUT2D eigenvalue weighted by atomic mass is 10.1. The van der Waals surface area contributed by atoms with E-state index in [-0.39, 0.29) is 22.7 Å². The molecule has 1 aromatic rings. The molecule has 2 fully saturated rings. The molecule has 2 unspecified atom stereocenters. The molecule has 3 rings (SSSR count). The van der Waals surface area contributed by atoms with Crippen LogP contribution in [0.15, 0.2) is 15.8 Å². The zero-order valence-corrected chi connectivity index (χ0v) is 20.1. The van der Waals surface area contributed by atoms with Crippen LogP contribution in [0.1, 0.15) is 45.4 Å². The van der Waals surface area contributed by atoms with Gasteiger partial charge < -0.3 is 9.16 Å². The van der Waals surface area contributed by atoms with E-state index in [0.29, 0.717) is 12.0 Å². The van der Waals surface area contributed by atoms with Gasteiger partial charge in [-0.3, -0.25) is 19.1 Å². The fourth-order valence-electron chi connectivity index (χ4n) is 3.28. The molecule has 0 bridgehead atoms. The van der Waals surface area contributed by atoms with Gasteiger partial charge in [-0.2, -0.15) is 0 Å². The molecule has 0 amide bonds. The summed E-state index contributed by atoms with van der Waals surface area (Å²) in [5.74, 6) is 0. The topological polar surface area (TPSA) is 107 Å². The van der Waals surface area contributed by atoms with Crippen LogP contribution in [0.3, 0.4) is 0 Å². The van der Waals surface area contributed by atoms with E-state index >= 15 is 0 Å². The molecular formula is C18H28N2O6S2Si. The van der Waals surface area contributed by atoms with Crippen molar-refractivity contribution in [3.63, 3.8) is 0 Å². The standard InChI is InChI=1S/C18H28N2O6S2Si/c1-10-9-20(17(23)19-16(10)22)13-7-11(26-29(5,6)18(2,3)4)15(25-13)12-8-14(21)27-28(12)24/h9,11-13,15H,7-8H2,1-6H3,(H,19,22,23)/t11-,12?,13+,15-,28?/m0/s1. The number of aromatic amines is 1. The lowest BCUT2D eigenvalue weighted by Gasteiger charge is -2.39. The van der Waals surface area contributed by atoms with Gasteiger partial charge in [-0.1, -0.05) is 20.8 Å². The van der Waals surface area contributed by atoms with Crippen molar-refractivity contribution in [3.05, 3.63) is 32.6 Å². The smallest absolute Gasteiger partial charge is 0.330 e. The molecule has 2 aliphatic rings. The number of hydrogen-bond acceptors (Lipinski definition) is 7. The summed E-state index contributed by atoms with van der Waals surface area (Å²) in [6, 6.07) is 0. The maximum atomic E-state index is 12.5. The number of nitrogens with zero attached hydrogens (tertiary/aromatic N) is 1. The first-order valence-corrected chi connectivity index (χ1v) is 15.0. The van der Waals surface area contributed by atoms with Gasteiger partial charge in [-0.15, -0.1) is 0 Å².